The van der Waals surface area contributed by atoms with E-state index < -0.39 is 4.92 Å². The largest absolute Gasteiger partial charge is 0.320 e. The SMILES string of the molecule is CNCCCc1nnc(-c2cccc([N+](=O)[O-])c2)s1. The molecule has 6 nitrogen and oxygen atoms in total. The summed E-state index contributed by atoms with van der Waals surface area (Å²) in [5.41, 5.74) is 0.816. The quantitative estimate of drug-likeness (QED) is 0.498. The number of rotatable bonds is 6. The average Bonchev–Trinajstić information content (AvgIpc) is 2.88. The van der Waals surface area contributed by atoms with Gasteiger partial charge in [-0.15, -0.1) is 10.2 Å². The number of nitrogens with one attached hydrogen (secondary N) is 1. The first-order chi connectivity index (χ1) is 9.20. The van der Waals surface area contributed by atoms with Crippen LogP contribution >= 0.6 is 11.3 Å². The number of nitro benzene ring substituents is 1. The van der Waals surface area contributed by atoms with Crippen molar-refractivity contribution in [1.82, 2.24) is 15.5 Å². The normalized spacial score (nSPS) is 10.6. The Morgan fingerprint density at radius 3 is 3.00 bits per heavy atom. The summed E-state index contributed by atoms with van der Waals surface area (Å²) in [5.74, 6) is 0. The van der Waals surface area contributed by atoms with Crippen LogP contribution in [0.2, 0.25) is 0 Å². The van der Waals surface area contributed by atoms with E-state index in [9.17, 15) is 10.1 Å². The van der Waals surface area contributed by atoms with Gasteiger partial charge in [-0.1, -0.05) is 23.5 Å². The molecule has 2 aromatic rings. The van der Waals surface area contributed by atoms with E-state index >= 15 is 0 Å². The van der Waals surface area contributed by atoms with Crippen molar-refractivity contribution in [3.63, 3.8) is 0 Å². The lowest BCUT2D eigenvalue weighted by Gasteiger charge is -1.95. The lowest BCUT2D eigenvalue weighted by molar-refractivity contribution is -0.384. The third-order valence-corrected chi connectivity index (χ3v) is 3.62. The number of hydrogen-bond acceptors (Lipinski definition) is 6. The van der Waals surface area contributed by atoms with E-state index in [2.05, 4.69) is 15.5 Å². The van der Waals surface area contributed by atoms with Crippen LogP contribution in [-0.2, 0) is 6.42 Å². The van der Waals surface area contributed by atoms with E-state index in [0.29, 0.717) is 0 Å². The van der Waals surface area contributed by atoms with Crippen molar-refractivity contribution in [1.29, 1.82) is 0 Å². The summed E-state index contributed by atoms with van der Waals surface area (Å²) >= 11 is 1.48. The maximum atomic E-state index is 10.7. The van der Waals surface area contributed by atoms with E-state index in [0.717, 1.165) is 35.0 Å². The number of nitrogens with zero attached hydrogens (tertiary/aromatic N) is 3. The molecule has 0 saturated heterocycles. The molecule has 0 bridgehead atoms. The summed E-state index contributed by atoms with van der Waals surface area (Å²) in [6, 6.07) is 6.47. The van der Waals surface area contributed by atoms with Crippen molar-refractivity contribution >= 4 is 17.0 Å². The molecule has 1 heterocycles. The van der Waals surface area contributed by atoms with Gasteiger partial charge in [-0.2, -0.15) is 0 Å². The maximum absolute atomic E-state index is 10.7. The number of benzene rings is 1. The summed E-state index contributed by atoms with van der Waals surface area (Å²) in [6.07, 6.45) is 1.87. The summed E-state index contributed by atoms with van der Waals surface area (Å²) in [4.78, 5) is 10.3. The van der Waals surface area contributed by atoms with Crippen molar-refractivity contribution in [3.8, 4) is 10.6 Å². The fourth-order valence-electron chi connectivity index (χ4n) is 1.64. The lowest BCUT2D eigenvalue weighted by Crippen LogP contribution is -2.08. The minimum absolute atomic E-state index is 0.0735. The fraction of sp³-hybridized carbons (Fsp3) is 0.333. The van der Waals surface area contributed by atoms with Gasteiger partial charge in [-0.3, -0.25) is 10.1 Å². The lowest BCUT2D eigenvalue weighted by atomic mass is 10.2. The number of non-ortho nitro benzene ring substituents is 1. The molecule has 0 unspecified atom stereocenters. The molecule has 100 valence electrons. The monoisotopic (exact) mass is 278 g/mol. The maximum Gasteiger partial charge on any atom is 0.270 e. The summed E-state index contributed by atoms with van der Waals surface area (Å²) in [5, 5.41) is 23.7. The van der Waals surface area contributed by atoms with Gasteiger partial charge in [0.05, 0.1) is 4.92 Å². The van der Waals surface area contributed by atoms with E-state index in [-0.39, 0.29) is 5.69 Å². The molecular formula is C12H14N4O2S. The van der Waals surface area contributed by atoms with Crippen LogP contribution in [0.4, 0.5) is 5.69 Å². The second kappa shape index (κ2) is 6.35. The molecule has 0 aliphatic heterocycles. The molecule has 0 atom stereocenters. The molecule has 0 saturated carbocycles. The van der Waals surface area contributed by atoms with Crippen molar-refractivity contribution < 1.29 is 4.92 Å². The number of aryl methyl sites for hydroxylation is 1. The predicted octanol–water partition coefficient (Wildman–Crippen LogP) is 2.27. The zero-order chi connectivity index (χ0) is 13.7. The number of hydrogen-bond donors (Lipinski definition) is 1. The Morgan fingerprint density at radius 2 is 2.26 bits per heavy atom. The molecule has 0 radical (unpaired) electrons. The zero-order valence-corrected chi connectivity index (χ0v) is 11.3. The molecule has 1 N–H and O–H groups in total. The van der Waals surface area contributed by atoms with Crippen LogP contribution in [0, 0.1) is 10.1 Å². The molecule has 0 spiro atoms. The van der Waals surface area contributed by atoms with E-state index in [1.807, 2.05) is 13.1 Å². The Hall–Kier alpha value is -1.86. The van der Waals surface area contributed by atoms with E-state index in [1.54, 1.807) is 6.07 Å². The third-order valence-electron chi connectivity index (χ3n) is 2.59. The Balaban J connectivity index is 2.13. The summed E-state index contributed by atoms with van der Waals surface area (Å²) in [7, 11) is 1.91. The highest BCUT2D eigenvalue weighted by Crippen LogP contribution is 2.26. The molecular weight excluding hydrogens is 264 g/mol. The van der Waals surface area contributed by atoms with Crippen LogP contribution in [0.5, 0.6) is 0 Å². The molecule has 7 heteroatoms. The minimum Gasteiger partial charge on any atom is -0.320 e. The van der Waals surface area contributed by atoms with E-state index in [4.69, 9.17) is 0 Å². The Morgan fingerprint density at radius 1 is 1.42 bits per heavy atom. The summed E-state index contributed by atoms with van der Waals surface area (Å²) in [6.45, 7) is 0.936. The first kappa shape index (κ1) is 13.6. The van der Waals surface area contributed by atoms with Gasteiger partial charge in [0.1, 0.15) is 10.0 Å². The molecule has 0 fully saturated rings. The third kappa shape index (κ3) is 3.55. The minimum atomic E-state index is -0.404. The molecule has 1 aromatic carbocycles. The van der Waals surface area contributed by atoms with Gasteiger partial charge in [-0.25, -0.2) is 0 Å². The molecule has 0 amide bonds. The standard InChI is InChI=1S/C12H14N4O2S/c1-13-7-3-6-11-14-15-12(19-11)9-4-2-5-10(8-9)16(17)18/h2,4-5,8,13H,3,6-7H2,1H3. The highest BCUT2D eigenvalue weighted by Gasteiger charge is 2.11. The van der Waals surface area contributed by atoms with Gasteiger partial charge in [-0.05, 0) is 20.0 Å². The van der Waals surface area contributed by atoms with Crippen LogP contribution < -0.4 is 5.32 Å². The van der Waals surface area contributed by atoms with Gasteiger partial charge >= 0.3 is 0 Å². The topological polar surface area (TPSA) is 81.0 Å². The molecule has 2 rings (SSSR count). The predicted molar refractivity (Wildman–Crippen MR) is 74.2 cm³/mol. The van der Waals surface area contributed by atoms with Crippen LogP contribution in [0.15, 0.2) is 24.3 Å². The van der Waals surface area contributed by atoms with Crippen LogP contribution in [-0.4, -0.2) is 28.7 Å². The van der Waals surface area contributed by atoms with Gasteiger partial charge < -0.3 is 5.32 Å². The second-order valence-electron chi connectivity index (χ2n) is 4.02. The summed E-state index contributed by atoms with van der Waals surface area (Å²) < 4.78 is 0. The van der Waals surface area contributed by atoms with Crippen molar-refractivity contribution in [2.75, 3.05) is 13.6 Å². The Labute approximate surface area is 114 Å². The highest BCUT2D eigenvalue weighted by molar-refractivity contribution is 7.14. The van der Waals surface area contributed by atoms with Gasteiger partial charge in [0, 0.05) is 24.1 Å². The molecule has 1 aromatic heterocycles. The average molecular weight is 278 g/mol. The van der Waals surface area contributed by atoms with Crippen LogP contribution in [0.1, 0.15) is 11.4 Å². The Kier molecular flexibility index (Phi) is 4.53. The second-order valence-corrected chi connectivity index (χ2v) is 5.08. The van der Waals surface area contributed by atoms with Crippen LogP contribution in [0.25, 0.3) is 10.6 Å². The Bertz CT molecular complexity index is 570. The number of aromatic nitrogens is 2. The highest BCUT2D eigenvalue weighted by atomic mass is 32.1. The first-order valence-electron chi connectivity index (χ1n) is 5.92. The molecule has 19 heavy (non-hydrogen) atoms. The van der Waals surface area contributed by atoms with Gasteiger partial charge in [0.15, 0.2) is 0 Å². The van der Waals surface area contributed by atoms with Crippen molar-refractivity contribution in [2.24, 2.45) is 0 Å². The number of nitro groups is 1. The molecule has 0 aliphatic rings. The van der Waals surface area contributed by atoms with Crippen LogP contribution in [0.3, 0.4) is 0 Å². The van der Waals surface area contributed by atoms with Gasteiger partial charge in [0.2, 0.25) is 0 Å². The van der Waals surface area contributed by atoms with E-state index in [1.165, 1.54) is 23.5 Å². The smallest absolute Gasteiger partial charge is 0.270 e. The zero-order valence-electron chi connectivity index (χ0n) is 10.5. The fourth-order valence-corrected chi connectivity index (χ4v) is 2.52. The van der Waals surface area contributed by atoms with Gasteiger partial charge in [0.25, 0.3) is 5.69 Å². The molecule has 0 aliphatic carbocycles. The van der Waals surface area contributed by atoms with Crippen molar-refractivity contribution in [2.45, 2.75) is 12.8 Å². The van der Waals surface area contributed by atoms with Crippen molar-refractivity contribution in [3.05, 3.63) is 39.4 Å². The first-order valence-corrected chi connectivity index (χ1v) is 6.74.